The first-order valence-corrected chi connectivity index (χ1v) is 14.3. The Kier molecular flexibility index (Phi) is 8.06. The molecule has 2 fully saturated rings. The number of amides is 1. The Bertz CT molecular complexity index is 1140. The molecule has 1 saturated heterocycles. The fraction of sp³-hybridized carbons (Fsp3) is 0.593. The van der Waals surface area contributed by atoms with Gasteiger partial charge in [0.05, 0.1) is 6.54 Å². The van der Waals surface area contributed by atoms with Crippen LogP contribution in [0.5, 0.6) is 0 Å². The molecule has 2 aliphatic rings. The minimum Gasteiger partial charge on any atom is -0.365 e. The largest absolute Gasteiger partial charge is 0.365 e. The number of imidazole rings is 1. The summed E-state index contributed by atoms with van der Waals surface area (Å²) in [4.78, 5) is 22.9. The van der Waals surface area contributed by atoms with Crippen LogP contribution in [-0.2, 0) is 4.79 Å². The van der Waals surface area contributed by atoms with Crippen molar-refractivity contribution in [3.63, 3.8) is 0 Å². The smallest absolute Gasteiger partial charge is 0.239 e. The van der Waals surface area contributed by atoms with E-state index in [2.05, 4.69) is 34.6 Å². The standard InChI is InChI=1S/C27H39N7OS/c1-20-11-8-9-17-33(20)18-10-16-28-23(35)19-32(2)27-31-34-25(29-22-14-6-7-15-22)24(30-26(34)36-27)21-12-4-3-5-13-21/h3-5,12-13,20,22,29H,6-11,14-19H2,1-2H3,(H,28,35). The maximum atomic E-state index is 12.6. The fourth-order valence-corrected chi connectivity index (χ4v) is 6.28. The minimum absolute atomic E-state index is 0.0336. The average molecular weight is 510 g/mol. The van der Waals surface area contributed by atoms with Gasteiger partial charge in [-0.3, -0.25) is 4.79 Å². The molecule has 5 rings (SSSR count). The Hall–Kier alpha value is -2.65. The van der Waals surface area contributed by atoms with Crippen LogP contribution in [0.1, 0.15) is 58.3 Å². The summed E-state index contributed by atoms with van der Waals surface area (Å²) in [6, 6.07) is 11.4. The van der Waals surface area contributed by atoms with Crippen molar-refractivity contribution in [2.45, 2.75) is 70.4 Å². The summed E-state index contributed by atoms with van der Waals surface area (Å²) in [6.07, 6.45) is 9.79. The highest BCUT2D eigenvalue weighted by Crippen LogP contribution is 2.35. The SMILES string of the molecule is CC1CCCCN1CCCNC(=O)CN(C)c1nn2c(NC3CCCC3)c(-c3ccccc3)nc2s1. The molecular weight excluding hydrogens is 470 g/mol. The second-order valence-electron chi connectivity index (χ2n) is 10.3. The van der Waals surface area contributed by atoms with E-state index < -0.39 is 0 Å². The van der Waals surface area contributed by atoms with E-state index >= 15 is 0 Å². The van der Waals surface area contributed by atoms with Crippen molar-refractivity contribution in [3.8, 4) is 11.3 Å². The Balaban J connectivity index is 1.21. The zero-order valence-electron chi connectivity index (χ0n) is 21.6. The zero-order chi connectivity index (χ0) is 24.9. The van der Waals surface area contributed by atoms with Gasteiger partial charge in [-0.1, -0.05) is 60.9 Å². The van der Waals surface area contributed by atoms with Gasteiger partial charge in [0.1, 0.15) is 5.69 Å². The molecule has 9 heteroatoms. The van der Waals surface area contributed by atoms with Crippen LogP contribution in [0.2, 0.25) is 0 Å². The Morgan fingerprint density at radius 2 is 1.92 bits per heavy atom. The predicted octanol–water partition coefficient (Wildman–Crippen LogP) is 4.63. The van der Waals surface area contributed by atoms with Crippen LogP contribution in [0, 0.1) is 0 Å². The second kappa shape index (κ2) is 11.6. The number of hydrogen-bond acceptors (Lipinski definition) is 7. The van der Waals surface area contributed by atoms with Gasteiger partial charge in [-0.15, -0.1) is 5.10 Å². The van der Waals surface area contributed by atoms with Gasteiger partial charge in [-0.2, -0.15) is 4.52 Å². The van der Waals surface area contributed by atoms with Crippen LogP contribution in [0.4, 0.5) is 10.9 Å². The number of likely N-dealkylation sites (tertiary alicyclic amines) is 1. The van der Waals surface area contributed by atoms with E-state index in [1.54, 1.807) is 0 Å². The van der Waals surface area contributed by atoms with Crippen LogP contribution < -0.4 is 15.5 Å². The normalized spacial score (nSPS) is 19.1. The van der Waals surface area contributed by atoms with Gasteiger partial charge in [0.2, 0.25) is 16.0 Å². The van der Waals surface area contributed by atoms with Gasteiger partial charge in [-0.25, -0.2) is 4.98 Å². The fourth-order valence-electron chi connectivity index (χ4n) is 5.42. The van der Waals surface area contributed by atoms with Crippen LogP contribution in [0.15, 0.2) is 30.3 Å². The molecule has 0 spiro atoms. The molecule has 1 aromatic carbocycles. The molecule has 0 radical (unpaired) electrons. The van der Waals surface area contributed by atoms with E-state index in [1.165, 1.54) is 62.8 Å². The quantitative estimate of drug-likeness (QED) is 0.388. The number of piperidine rings is 1. The summed E-state index contributed by atoms with van der Waals surface area (Å²) in [6.45, 7) is 5.56. The first-order chi connectivity index (χ1) is 17.6. The summed E-state index contributed by atoms with van der Waals surface area (Å²) in [5.41, 5.74) is 2.03. The number of likely N-dealkylation sites (N-methyl/N-ethyl adjacent to an activating group) is 1. The van der Waals surface area contributed by atoms with E-state index in [0.717, 1.165) is 40.1 Å². The number of fused-ring (bicyclic) bond motifs is 1. The maximum absolute atomic E-state index is 12.6. The monoisotopic (exact) mass is 509 g/mol. The van der Waals surface area contributed by atoms with Crippen LogP contribution in [0.3, 0.4) is 0 Å². The highest BCUT2D eigenvalue weighted by atomic mass is 32.1. The molecule has 36 heavy (non-hydrogen) atoms. The minimum atomic E-state index is 0.0336. The summed E-state index contributed by atoms with van der Waals surface area (Å²) in [5, 5.41) is 12.5. The molecule has 1 aliphatic carbocycles. The number of aromatic nitrogens is 3. The number of carbonyl (C=O) groups is 1. The zero-order valence-corrected chi connectivity index (χ0v) is 22.4. The van der Waals surface area contributed by atoms with Crippen molar-refractivity contribution in [3.05, 3.63) is 30.3 Å². The van der Waals surface area contributed by atoms with Crippen molar-refractivity contribution < 1.29 is 4.79 Å². The highest BCUT2D eigenvalue weighted by molar-refractivity contribution is 7.20. The molecule has 1 unspecified atom stereocenters. The first kappa shape index (κ1) is 25.0. The molecule has 2 N–H and O–H groups in total. The van der Waals surface area contributed by atoms with E-state index in [1.807, 2.05) is 34.7 Å². The van der Waals surface area contributed by atoms with Crippen LogP contribution in [0.25, 0.3) is 16.2 Å². The van der Waals surface area contributed by atoms with E-state index in [9.17, 15) is 4.79 Å². The van der Waals surface area contributed by atoms with Gasteiger partial charge in [0.15, 0.2) is 5.82 Å². The van der Waals surface area contributed by atoms with Crippen molar-refractivity contribution in [1.82, 2.24) is 24.8 Å². The number of benzene rings is 1. The summed E-state index contributed by atoms with van der Waals surface area (Å²) < 4.78 is 1.93. The van der Waals surface area contributed by atoms with Crippen LogP contribution >= 0.6 is 11.3 Å². The predicted molar refractivity (Wildman–Crippen MR) is 148 cm³/mol. The Morgan fingerprint density at radius 3 is 2.69 bits per heavy atom. The number of nitrogens with zero attached hydrogens (tertiary/aromatic N) is 5. The van der Waals surface area contributed by atoms with Crippen molar-refractivity contribution in [2.24, 2.45) is 0 Å². The molecule has 1 amide bonds. The lowest BCUT2D eigenvalue weighted by Crippen LogP contribution is -2.40. The Labute approximate surface area is 218 Å². The first-order valence-electron chi connectivity index (χ1n) is 13.5. The lowest BCUT2D eigenvalue weighted by atomic mass is 10.0. The lowest BCUT2D eigenvalue weighted by molar-refractivity contribution is -0.119. The molecule has 2 aromatic heterocycles. The van der Waals surface area contributed by atoms with Crippen molar-refractivity contribution in [2.75, 3.05) is 43.4 Å². The molecule has 8 nitrogen and oxygen atoms in total. The second-order valence-corrected chi connectivity index (χ2v) is 11.3. The third kappa shape index (κ3) is 5.83. The number of anilines is 2. The lowest BCUT2D eigenvalue weighted by Gasteiger charge is -2.33. The van der Waals surface area contributed by atoms with Gasteiger partial charge in [-0.05, 0) is 45.6 Å². The van der Waals surface area contributed by atoms with Gasteiger partial charge in [0.25, 0.3) is 0 Å². The number of carbonyl (C=O) groups excluding carboxylic acids is 1. The molecular formula is C27H39N7OS. The molecule has 3 heterocycles. The number of nitrogens with one attached hydrogen (secondary N) is 2. The Morgan fingerprint density at radius 1 is 1.14 bits per heavy atom. The molecule has 1 atom stereocenters. The molecule has 1 aliphatic heterocycles. The third-order valence-corrected chi connectivity index (χ3v) is 8.55. The number of hydrogen-bond donors (Lipinski definition) is 2. The van der Waals surface area contributed by atoms with Gasteiger partial charge in [0, 0.05) is 37.8 Å². The van der Waals surface area contributed by atoms with Crippen LogP contribution in [-0.4, -0.2) is 70.7 Å². The average Bonchev–Trinajstić information content (AvgIpc) is 3.61. The summed E-state index contributed by atoms with van der Waals surface area (Å²) in [7, 11) is 1.93. The highest BCUT2D eigenvalue weighted by Gasteiger charge is 2.24. The third-order valence-electron chi connectivity index (χ3n) is 7.53. The molecule has 0 bridgehead atoms. The van der Waals surface area contributed by atoms with Crippen molar-refractivity contribution >= 4 is 33.2 Å². The van der Waals surface area contributed by atoms with Gasteiger partial charge >= 0.3 is 0 Å². The summed E-state index contributed by atoms with van der Waals surface area (Å²) in [5.74, 6) is 0.988. The molecule has 1 saturated carbocycles. The van der Waals surface area contributed by atoms with Crippen molar-refractivity contribution in [1.29, 1.82) is 0 Å². The maximum Gasteiger partial charge on any atom is 0.239 e. The van der Waals surface area contributed by atoms with Gasteiger partial charge < -0.3 is 20.4 Å². The van der Waals surface area contributed by atoms with E-state index in [-0.39, 0.29) is 12.5 Å². The van der Waals surface area contributed by atoms with E-state index in [4.69, 9.17) is 10.1 Å². The van der Waals surface area contributed by atoms with E-state index in [0.29, 0.717) is 18.6 Å². The molecule has 3 aromatic rings. The topological polar surface area (TPSA) is 77.8 Å². The number of rotatable bonds is 10. The summed E-state index contributed by atoms with van der Waals surface area (Å²) >= 11 is 1.52. The molecule has 194 valence electrons.